The van der Waals surface area contributed by atoms with E-state index >= 15 is 0 Å². The van der Waals surface area contributed by atoms with E-state index in [1.807, 2.05) is 29.8 Å². The molecule has 4 aromatic rings. The summed E-state index contributed by atoms with van der Waals surface area (Å²) < 4.78 is 1.92. The minimum absolute atomic E-state index is 0.918. The van der Waals surface area contributed by atoms with Gasteiger partial charge < -0.3 is 0 Å². The Balaban J connectivity index is 2.09. The molecule has 4 rings (SSSR count). The Hall–Kier alpha value is -2.75. The molecule has 0 saturated heterocycles. The molecule has 22 heavy (non-hydrogen) atoms. The molecule has 2 aromatic carbocycles. The predicted octanol–water partition coefficient (Wildman–Crippen LogP) is 3.89. The van der Waals surface area contributed by atoms with Gasteiger partial charge in [-0.1, -0.05) is 23.4 Å². The molecule has 0 bridgehead atoms. The molecule has 4 heteroatoms. The molecule has 0 aliphatic heterocycles. The molecule has 0 unspecified atom stereocenters. The molecule has 0 aliphatic carbocycles. The van der Waals surface area contributed by atoms with Crippen molar-refractivity contribution >= 4 is 21.9 Å². The van der Waals surface area contributed by atoms with Gasteiger partial charge in [0, 0.05) is 11.1 Å². The van der Waals surface area contributed by atoms with E-state index in [2.05, 4.69) is 53.4 Å². The number of aryl methyl sites for hydroxylation is 3. The summed E-state index contributed by atoms with van der Waals surface area (Å²) in [7, 11) is 0. The first-order chi connectivity index (χ1) is 10.6. The van der Waals surface area contributed by atoms with Crippen LogP contribution in [0, 0.1) is 20.8 Å². The Labute approximate surface area is 128 Å². The standard InChI is InChI=1S/C18H16N4/c1-11-8-16-18(9-12(11)2)22(21-20-16)17-10-13(3)19-15-7-5-4-6-14(15)17/h4-10H,1-3H3. The minimum Gasteiger partial charge on any atom is -0.253 e. The van der Waals surface area contributed by atoms with E-state index in [4.69, 9.17) is 0 Å². The van der Waals surface area contributed by atoms with Crippen LogP contribution in [0.5, 0.6) is 0 Å². The number of nitrogens with zero attached hydrogens (tertiary/aromatic N) is 4. The molecule has 0 amide bonds. The predicted molar refractivity (Wildman–Crippen MR) is 88.4 cm³/mol. The van der Waals surface area contributed by atoms with E-state index < -0.39 is 0 Å². The zero-order valence-electron chi connectivity index (χ0n) is 12.8. The number of pyridine rings is 1. The molecule has 0 saturated carbocycles. The first kappa shape index (κ1) is 13.0. The monoisotopic (exact) mass is 288 g/mol. The summed E-state index contributed by atoms with van der Waals surface area (Å²) in [5, 5.41) is 9.79. The van der Waals surface area contributed by atoms with Crippen molar-refractivity contribution in [3.05, 3.63) is 59.3 Å². The van der Waals surface area contributed by atoms with Crippen LogP contribution in [0.4, 0.5) is 0 Å². The zero-order valence-corrected chi connectivity index (χ0v) is 12.8. The summed E-state index contributed by atoms with van der Waals surface area (Å²) in [5.41, 5.74) is 7.39. The average Bonchev–Trinajstić information content (AvgIpc) is 2.89. The van der Waals surface area contributed by atoms with Crippen LogP contribution in [-0.4, -0.2) is 20.0 Å². The lowest BCUT2D eigenvalue weighted by Crippen LogP contribution is -2.00. The number of aromatic nitrogens is 4. The van der Waals surface area contributed by atoms with Gasteiger partial charge in [0.05, 0.1) is 16.7 Å². The molecular weight excluding hydrogens is 272 g/mol. The van der Waals surface area contributed by atoms with Gasteiger partial charge in [0.2, 0.25) is 0 Å². The first-order valence-corrected chi connectivity index (χ1v) is 7.33. The Morgan fingerprint density at radius 1 is 0.864 bits per heavy atom. The van der Waals surface area contributed by atoms with Crippen LogP contribution < -0.4 is 0 Å². The van der Waals surface area contributed by atoms with Gasteiger partial charge in [0.25, 0.3) is 0 Å². The third kappa shape index (κ3) is 1.88. The van der Waals surface area contributed by atoms with Gasteiger partial charge >= 0.3 is 0 Å². The van der Waals surface area contributed by atoms with Crippen molar-refractivity contribution in [1.29, 1.82) is 0 Å². The van der Waals surface area contributed by atoms with Crippen molar-refractivity contribution in [1.82, 2.24) is 20.0 Å². The number of para-hydroxylation sites is 1. The van der Waals surface area contributed by atoms with Crippen LogP contribution in [0.15, 0.2) is 42.5 Å². The Bertz CT molecular complexity index is 1010. The van der Waals surface area contributed by atoms with Crippen LogP contribution in [-0.2, 0) is 0 Å². The number of rotatable bonds is 1. The van der Waals surface area contributed by atoms with Gasteiger partial charge in [-0.3, -0.25) is 4.98 Å². The summed E-state index contributed by atoms with van der Waals surface area (Å²) in [5.74, 6) is 0. The van der Waals surface area contributed by atoms with Crippen molar-refractivity contribution in [2.45, 2.75) is 20.8 Å². The highest BCUT2D eigenvalue weighted by molar-refractivity contribution is 5.89. The molecule has 2 heterocycles. The van der Waals surface area contributed by atoms with Gasteiger partial charge in [-0.05, 0) is 56.2 Å². The second kappa shape index (κ2) is 4.63. The van der Waals surface area contributed by atoms with Gasteiger partial charge in [0.1, 0.15) is 5.52 Å². The first-order valence-electron chi connectivity index (χ1n) is 7.33. The lowest BCUT2D eigenvalue weighted by Gasteiger charge is -2.09. The molecule has 0 aliphatic rings. The largest absolute Gasteiger partial charge is 0.253 e. The lowest BCUT2D eigenvalue weighted by molar-refractivity contribution is 0.826. The van der Waals surface area contributed by atoms with Crippen molar-refractivity contribution in [3.63, 3.8) is 0 Å². The third-order valence-electron chi connectivity index (χ3n) is 4.11. The maximum atomic E-state index is 4.60. The second-order valence-electron chi connectivity index (χ2n) is 5.73. The SMILES string of the molecule is Cc1cc(-n2nnc3cc(C)c(C)cc32)c2ccccc2n1. The molecule has 108 valence electrons. The molecule has 0 N–H and O–H groups in total. The molecule has 0 radical (unpaired) electrons. The highest BCUT2D eigenvalue weighted by Gasteiger charge is 2.12. The number of fused-ring (bicyclic) bond motifs is 2. The summed E-state index contributed by atoms with van der Waals surface area (Å²) in [6, 6.07) is 14.4. The fourth-order valence-electron chi connectivity index (χ4n) is 2.82. The average molecular weight is 288 g/mol. The van der Waals surface area contributed by atoms with Crippen LogP contribution in [0.25, 0.3) is 27.6 Å². The van der Waals surface area contributed by atoms with Crippen LogP contribution in [0.3, 0.4) is 0 Å². The van der Waals surface area contributed by atoms with E-state index in [1.165, 1.54) is 11.1 Å². The smallest absolute Gasteiger partial charge is 0.113 e. The fraction of sp³-hybridized carbons (Fsp3) is 0.167. The van der Waals surface area contributed by atoms with E-state index in [0.29, 0.717) is 0 Å². The third-order valence-corrected chi connectivity index (χ3v) is 4.11. The van der Waals surface area contributed by atoms with Crippen molar-refractivity contribution < 1.29 is 0 Å². The fourth-order valence-corrected chi connectivity index (χ4v) is 2.82. The van der Waals surface area contributed by atoms with E-state index in [-0.39, 0.29) is 0 Å². The van der Waals surface area contributed by atoms with Gasteiger partial charge in [0.15, 0.2) is 0 Å². The maximum Gasteiger partial charge on any atom is 0.113 e. The Morgan fingerprint density at radius 2 is 1.64 bits per heavy atom. The van der Waals surface area contributed by atoms with Crippen LogP contribution in [0.1, 0.15) is 16.8 Å². The number of benzene rings is 2. The van der Waals surface area contributed by atoms with Crippen molar-refractivity contribution in [2.24, 2.45) is 0 Å². The molecule has 0 spiro atoms. The van der Waals surface area contributed by atoms with Crippen molar-refractivity contribution in [3.8, 4) is 5.69 Å². The molecule has 2 aromatic heterocycles. The minimum atomic E-state index is 0.918. The van der Waals surface area contributed by atoms with Crippen LogP contribution in [0.2, 0.25) is 0 Å². The Morgan fingerprint density at radius 3 is 2.50 bits per heavy atom. The van der Waals surface area contributed by atoms with Gasteiger partial charge in [-0.2, -0.15) is 0 Å². The second-order valence-corrected chi connectivity index (χ2v) is 5.73. The lowest BCUT2D eigenvalue weighted by atomic mass is 10.1. The summed E-state index contributed by atoms with van der Waals surface area (Å²) in [6.07, 6.45) is 0. The van der Waals surface area contributed by atoms with E-state index in [1.54, 1.807) is 0 Å². The highest BCUT2D eigenvalue weighted by atomic mass is 15.4. The molecular formula is C18H16N4. The van der Waals surface area contributed by atoms with E-state index in [0.717, 1.165) is 33.3 Å². The number of hydrogen-bond acceptors (Lipinski definition) is 3. The summed E-state index contributed by atoms with van der Waals surface area (Å²) in [4.78, 5) is 4.60. The maximum absolute atomic E-state index is 4.60. The molecule has 0 fully saturated rings. The number of hydrogen-bond donors (Lipinski definition) is 0. The highest BCUT2D eigenvalue weighted by Crippen LogP contribution is 2.25. The summed E-state index contributed by atoms with van der Waals surface area (Å²) >= 11 is 0. The normalized spacial score (nSPS) is 11.4. The Kier molecular flexibility index (Phi) is 2.73. The summed E-state index contributed by atoms with van der Waals surface area (Å²) in [6.45, 7) is 6.21. The van der Waals surface area contributed by atoms with E-state index in [9.17, 15) is 0 Å². The topological polar surface area (TPSA) is 43.6 Å². The van der Waals surface area contributed by atoms with Gasteiger partial charge in [-0.25, -0.2) is 4.68 Å². The molecule has 4 nitrogen and oxygen atoms in total. The van der Waals surface area contributed by atoms with Crippen molar-refractivity contribution in [2.75, 3.05) is 0 Å². The van der Waals surface area contributed by atoms with Crippen LogP contribution >= 0.6 is 0 Å². The quantitative estimate of drug-likeness (QED) is 0.533. The molecule has 0 atom stereocenters. The van der Waals surface area contributed by atoms with Gasteiger partial charge in [-0.15, -0.1) is 5.10 Å². The zero-order chi connectivity index (χ0) is 15.3.